The van der Waals surface area contributed by atoms with E-state index in [1.54, 1.807) is 30.3 Å². The molecule has 8 heteroatoms. The largest absolute Gasteiger partial charge is 0.341 e. The number of urea groups is 1. The Morgan fingerprint density at radius 2 is 1.48 bits per heavy atom. The van der Waals surface area contributed by atoms with E-state index in [-0.39, 0.29) is 17.8 Å². The Kier molecular flexibility index (Phi) is 6.22. The zero-order valence-electron chi connectivity index (χ0n) is 16.0. The van der Waals surface area contributed by atoms with Crippen LogP contribution in [0.4, 0.5) is 21.2 Å². The van der Waals surface area contributed by atoms with Gasteiger partial charge in [-0.2, -0.15) is 0 Å². The molecule has 4 N–H and O–H groups in total. The zero-order chi connectivity index (χ0) is 20.2. The third-order valence-corrected chi connectivity index (χ3v) is 4.82. The molecule has 0 aliphatic carbocycles. The first kappa shape index (κ1) is 20.4. The topological polar surface area (TPSA) is 99.3 Å². The summed E-state index contributed by atoms with van der Waals surface area (Å²) in [6.07, 6.45) is 0. The fourth-order valence-electron chi connectivity index (χ4n) is 2.09. The molecule has 0 spiro atoms. The Bertz CT molecular complexity index is 851. The molecule has 2 aromatic rings. The Balaban J connectivity index is 2.06. The number of hydrogen-bond donors (Lipinski definition) is 4. The smallest absolute Gasteiger partial charge is 0.318 e. The van der Waals surface area contributed by atoms with Gasteiger partial charge < -0.3 is 21.3 Å². The van der Waals surface area contributed by atoms with Crippen molar-refractivity contribution in [2.75, 3.05) is 23.0 Å². The fraction of sp³-hybridized carbons (Fsp3) is 0.316. The van der Waals surface area contributed by atoms with Crippen LogP contribution in [-0.2, 0) is 4.79 Å². The van der Waals surface area contributed by atoms with Crippen molar-refractivity contribution < 1.29 is 14.4 Å². The van der Waals surface area contributed by atoms with Crippen molar-refractivity contribution in [2.24, 2.45) is 5.41 Å². The molecular weight excluding hydrogens is 364 g/mol. The maximum absolute atomic E-state index is 12.5. The summed E-state index contributed by atoms with van der Waals surface area (Å²) in [5, 5.41) is 11.4. The molecule has 144 valence electrons. The maximum Gasteiger partial charge on any atom is 0.318 e. The van der Waals surface area contributed by atoms with Crippen LogP contribution in [0.3, 0.4) is 0 Å². The van der Waals surface area contributed by atoms with Gasteiger partial charge >= 0.3 is 6.03 Å². The first-order valence-electron chi connectivity index (χ1n) is 8.42. The van der Waals surface area contributed by atoms with E-state index in [2.05, 4.69) is 21.3 Å². The summed E-state index contributed by atoms with van der Waals surface area (Å²) in [6, 6.07) is 8.27. The standard InChI is InChI=1S/C19H24N4O3S/c1-11-10-14(23-17(25)19(2,3)4)27-15(11)16(24)21-12-6-8-13(9-7-12)22-18(26)20-5/h6-10H,1-5H3,(H,21,24)(H,23,25)(H2,20,22,26). The molecule has 7 nitrogen and oxygen atoms in total. The predicted octanol–water partition coefficient (Wildman–Crippen LogP) is 4.04. The van der Waals surface area contributed by atoms with Crippen molar-refractivity contribution in [3.63, 3.8) is 0 Å². The number of nitrogens with one attached hydrogen (secondary N) is 4. The normalized spacial score (nSPS) is 10.9. The van der Waals surface area contributed by atoms with Gasteiger partial charge in [-0.15, -0.1) is 11.3 Å². The molecule has 0 saturated heterocycles. The van der Waals surface area contributed by atoms with E-state index in [9.17, 15) is 14.4 Å². The molecule has 27 heavy (non-hydrogen) atoms. The Morgan fingerprint density at radius 1 is 0.926 bits per heavy atom. The van der Waals surface area contributed by atoms with Crippen molar-refractivity contribution in [1.29, 1.82) is 0 Å². The van der Waals surface area contributed by atoms with Gasteiger partial charge in [0.05, 0.1) is 9.88 Å². The lowest BCUT2D eigenvalue weighted by molar-refractivity contribution is -0.123. The lowest BCUT2D eigenvalue weighted by Gasteiger charge is -2.16. The molecule has 0 saturated carbocycles. The van der Waals surface area contributed by atoms with Crippen molar-refractivity contribution in [3.05, 3.63) is 40.8 Å². The minimum Gasteiger partial charge on any atom is -0.341 e. The van der Waals surface area contributed by atoms with Crippen LogP contribution in [0.1, 0.15) is 36.0 Å². The molecule has 1 heterocycles. The number of amides is 4. The van der Waals surface area contributed by atoms with Crippen LogP contribution < -0.4 is 21.3 Å². The molecule has 0 bridgehead atoms. The van der Waals surface area contributed by atoms with E-state index in [1.807, 2.05) is 27.7 Å². The van der Waals surface area contributed by atoms with Gasteiger partial charge in [0.1, 0.15) is 0 Å². The molecule has 1 aromatic heterocycles. The number of hydrogen-bond acceptors (Lipinski definition) is 4. The summed E-state index contributed by atoms with van der Waals surface area (Å²) >= 11 is 1.24. The second-order valence-electron chi connectivity index (χ2n) is 7.06. The maximum atomic E-state index is 12.5. The lowest BCUT2D eigenvalue weighted by atomic mass is 9.96. The van der Waals surface area contributed by atoms with Crippen LogP contribution in [0.25, 0.3) is 0 Å². The highest BCUT2D eigenvalue weighted by Crippen LogP contribution is 2.29. The Morgan fingerprint density at radius 3 is 2.00 bits per heavy atom. The summed E-state index contributed by atoms with van der Waals surface area (Å²) in [5.41, 5.74) is 1.51. The Hall–Kier alpha value is -2.87. The molecule has 1 aromatic carbocycles. The number of rotatable bonds is 4. The summed E-state index contributed by atoms with van der Waals surface area (Å²) in [7, 11) is 1.53. The average molecular weight is 388 g/mol. The predicted molar refractivity (Wildman–Crippen MR) is 110 cm³/mol. The number of anilines is 3. The number of thiophene rings is 1. The second kappa shape index (κ2) is 8.22. The van der Waals surface area contributed by atoms with Crippen molar-refractivity contribution in [3.8, 4) is 0 Å². The first-order valence-corrected chi connectivity index (χ1v) is 9.24. The van der Waals surface area contributed by atoms with Gasteiger partial charge in [-0.05, 0) is 42.8 Å². The zero-order valence-corrected chi connectivity index (χ0v) is 16.8. The molecule has 0 unspecified atom stereocenters. The van der Waals surface area contributed by atoms with E-state index >= 15 is 0 Å². The number of carbonyl (C=O) groups is 3. The van der Waals surface area contributed by atoms with Gasteiger partial charge in [0, 0.05) is 23.8 Å². The number of benzene rings is 1. The van der Waals surface area contributed by atoms with E-state index < -0.39 is 5.41 Å². The van der Waals surface area contributed by atoms with Gasteiger partial charge in [0.15, 0.2) is 0 Å². The van der Waals surface area contributed by atoms with E-state index in [4.69, 9.17) is 0 Å². The highest BCUT2D eigenvalue weighted by atomic mass is 32.1. The molecular formula is C19H24N4O3S. The lowest BCUT2D eigenvalue weighted by Crippen LogP contribution is -2.27. The minimum atomic E-state index is -0.509. The molecule has 0 aliphatic rings. The second-order valence-corrected chi connectivity index (χ2v) is 8.11. The average Bonchev–Trinajstić information content (AvgIpc) is 2.96. The van der Waals surface area contributed by atoms with Crippen LogP contribution in [0.2, 0.25) is 0 Å². The van der Waals surface area contributed by atoms with E-state index in [1.165, 1.54) is 18.4 Å². The number of aryl methyl sites for hydroxylation is 1. The highest BCUT2D eigenvalue weighted by molar-refractivity contribution is 7.18. The quantitative estimate of drug-likeness (QED) is 0.636. The SMILES string of the molecule is CNC(=O)Nc1ccc(NC(=O)c2sc(NC(=O)C(C)(C)C)cc2C)cc1. The van der Waals surface area contributed by atoms with Gasteiger partial charge in [-0.25, -0.2) is 4.79 Å². The first-order chi connectivity index (χ1) is 12.6. The highest BCUT2D eigenvalue weighted by Gasteiger charge is 2.23. The van der Waals surface area contributed by atoms with Gasteiger partial charge in [-0.3, -0.25) is 9.59 Å². The monoisotopic (exact) mass is 388 g/mol. The van der Waals surface area contributed by atoms with Crippen LogP contribution in [0.5, 0.6) is 0 Å². The van der Waals surface area contributed by atoms with Crippen molar-refractivity contribution >= 4 is 45.6 Å². The van der Waals surface area contributed by atoms with E-state index in [0.717, 1.165) is 5.56 Å². The van der Waals surface area contributed by atoms with Crippen molar-refractivity contribution in [2.45, 2.75) is 27.7 Å². The molecule has 0 atom stereocenters. The summed E-state index contributed by atoms with van der Waals surface area (Å²) < 4.78 is 0. The molecule has 0 aliphatic heterocycles. The van der Waals surface area contributed by atoms with Gasteiger partial charge in [0.2, 0.25) is 5.91 Å². The summed E-state index contributed by atoms with van der Waals surface area (Å²) in [5.74, 6) is -0.351. The van der Waals surface area contributed by atoms with Crippen LogP contribution in [0, 0.1) is 12.3 Å². The third kappa shape index (κ3) is 5.55. The Labute approximate surface area is 162 Å². The summed E-state index contributed by atoms with van der Waals surface area (Å²) in [4.78, 5) is 36.5. The molecule has 0 fully saturated rings. The van der Waals surface area contributed by atoms with Crippen LogP contribution in [-0.4, -0.2) is 24.9 Å². The van der Waals surface area contributed by atoms with E-state index in [0.29, 0.717) is 21.3 Å². The number of carbonyl (C=O) groups excluding carboxylic acids is 3. The van der Waals surface area contributed by atoms with Crippen LogP contribution >= 0.6 is 11.3 Å². The van der Waals surface area contributed by atoms with Gasteiger partial charge in [-0.1, -0.05) is 20.8 Å². The molecule has 2 rings (SSSR count). The van der Waals surface area contributed by atoms with Crippen molar-refractivity contribution in [1.82, 2.24) is 5.32 Å². The summed E-state index contributed by atoms with van der Waals surface area (Å²) in [6.45, 7) is 7.33. The minimum absolute atomic E-state index is 0.102. The molecule has 4 amide bonds. The molecule has 0 radical (unpaired) electrons. The van der Waals surface area contributed by atoms with Gasteiger partial charge in [0.25, 0.3) is 5.91 Å². The third-order valence-electron chi connectivity index (χ3n) is 3.67. The fourth-order valence-corrected chi connectivity index (χ4v) is 3.05. The van der Waals surface area contributed by atoms with Crippen LogP contribution in [0.15, 0.2) is 30.3 Å².